The lowest BCUT2D eigenvalue weighted by atomic mass is 10.2. The van der Waals surface area contributed by atoms with Crippen LogP contribution < -0.4 is 10.6 Å². The van der Waals surface area contributed by atoms with Gasteiger partial charge in [0.2, 0.25) is 0 Å². The fourth-order valence-corrected chi connectivity index (χ4v) is 2.80. The van der Waals surface area contributed by atoms with Crippen molar-refractivity contribution in [3.05, 3.63) is 24.2 Å². The van der Waals surface area contributed by atoms with Gasteiger partial charge in [-0.1, -0.05) is 12.8 Å². The van der Waals surface area contributed by atoms with Crippen molar-refractivity contribution in [2.24, 2.45) is 4.99 Å². The van der Waals surface area contributed by atoms with Crippen LogP contribution in [-0.4, -0.2) is 31.3 Å². The molecule has 1 heterocycles. The molecular formula is C17H27F3IN3O. The molecule has 1 aromatic heterocycles. The molecule has 1 aliphatic carbocycles. The van der Waals surface area contributed by atoms with Gasteiger partial charge in [-0.25, -0.2) is 0 Å². The third kappa shape index (κ3) is 9.96. The highest BCUT2D eigenvalue weighted by Gasteiger charge is 2.25. The predicted octanol–water partition coefficient (Wildman–Crippen LogP) is 4.65. The Morgan fingerprint density at radius 2 is 2.00 bits per heavy atom. The number of hydrogen-bond acceptors (Lipinski definition) is 2. The molecule has 0 spiro atoms. The average Bonchev–Trinajstić information content (AvgIpc) is 3.19. The lowest BCUT2D eigenvalue weighted by molar-refractivity contribution is -0.135. The summed E-state index contributed by atoms with van der Waals surface area (Å²) in [5.74, 6) is 1.59. The summed E-state index contributed by atoms with van der Waals surface area (Å²) in [6.07, 6.45) is 2.79. The van der Waals surface area contributed by atoms with Crippen molar-refractivity contribution in [3.63, 3.8) is 0 Å². The van der Waals surface area contributed by atoms with Crippen LogP contribution >= 0.6 is 24.0 Å². The van der Waals surface area contributed by atoms with Crippen molar-refractivity contribution < 1.29 is 17.6 Å². The summed E-state index contributed by atoms with van der Waals surface area (Å²) < 4.78 is 41.7. The Labute approximate surface area is 164 Å². The summed E-state index contributed by atoms with van der Waals surface area (Å²) in [6, 6.07) is 4.18. The Balaban J connectivity index is 0.00000312. The first-order valence-electron chi connectivity index (χ1n) is 8.67. The summed E-state index contributed by atoms with van der Waals surface area (Å²) in [4.78, 5) is 4.42. The van der Waals surface area contributed by atoms with E-state index >= 15 is 0 Å². The third-order valence-electron chi connectivity index (χ3n) is 4.08. The molecule has 0 saturated heterocycles. The Morgan fingerprint density at radius 3 is 2.64 bits per heavy atom. The SMILES string of the molecule is FC(F)(F)CCCCN=C(NCCc1ccco1)NC1CCCC1.I. The molecule has 1 fully saturated rings. The van der Waals surface area contributed by atoms with E-state index in [-0.39, 0.29) is 30.4 Å². The molecule has 2 rings (SSSR count). The Kier molecular flexibility index (Phi) is 10.3. The number of halogens is 4. The van der Waals surface area contributed by atoms with Gasteiger partial charge in [0, 0.05) is 32.0 Å². The van der Waals surface area contributed by atoms with Gasteiger partial charge in [-0.3, -0.25) is 4.99 Å². The van der Waals surface area contributed by atoms with E-state index in [0.717, 1.165) is 25.0 Å². The summed E-state index contributed by atoms with van der Waals surface area (Å²) in [5, 5.41) is 6.64. The Hall–Kier alpha value is -0.930. The van der Waals surface area contributed by atoms with Gasteiger partial charge in [0.25, 0.3) is 0 Å². The van der Waals surface area contributed by atoms with Crippen LogP contribution in [-0.2, 0) is 6.42 Å². The molecule has 25 heavy (non-hydrogen) atoms. The van der Waals surface area contributed by atoms with Crippen LogP contribution in [0.25, 0.3) is 0 Å². The summed E-state index contributed by atoms with van der Waals surface area (Å²) in [5.41, 5.74) is 0. The van der Waals surface area contributed by atoms with Crippen LogP contribution in [0, 0.1) is 0 Å². The number of hydrogen-bond donors (Lipinski definition) is 2. The van der Waals surface area contributed by atoms with Crippen LogP contribution in [0.15, 0.2) is 27.8 Å². The maximum Gasteiger partial charge on any atom is 0.389 e. The van der Waals surface area contributed by atoms with Crippen molar-refractivity contribution >= 4 is 29.9 Å². The zero-order chi connectivity index (χ0) is 17.3. The highest BCUT2D eigenvalue weighted by atomic mass is 127. The fourth-order valence-electron chi connectivity index (χ4n) is 2.80. The van der Waals surface area contributed by atoms with Crippen molar-refractivity contribution in [2.45, 2.75) is 63.6 Å². The maximum atomic E-state index is 12.1. The largest absolute Gasteiger partial charge is 0.469 e. The highest BCUT2D eigenvalue weighted by molar-refractivity contribution is 14.0. The first kappa shape index (κ1) is 22.1. The van der Waals surface area contributed by atoms with Crippen LogP contribution in [0.1, 0.15) is 50.7 Å². The number of nitrogens with one attached hydrogen (secondary N) is 2. The predicted molar refractivity (Wildman–Crippen MR) is 103 cm³/mol. The van der Waals surface area contributed by atoms with Gasteiger partial charge >= 0.3 is 6.18 Å². The summed E-state index contributed by atoms with van der Waals surface area (Å²) >= 11 is 0. The Bertz CT molecular complexity index is 486. The molecule has 0 aromatic carbocycles. The van der Waals surface area contributed by atoms with Crippen molar-refractivity contribution in [2.75, 3.05) is 13.1 Å². The lowest BCUT2D eigenvalue weighted by Gasteiger charge is -2.17. The van der Waals surface area contributed by atoms with Crippen molar-refractivity contribution in [1.29, 1.82) is 0 Å². The van der Waals surface area contributed by atoms with Gasteiger partial charge in [0.05, 0.1) is 6.26 Å². The van der Waals surface area contributed by atoms with E-state index in [1.807, 2.05) is 12.1 Å². The minimum atomic E-state index is -4.07. The monoisotopic (exact) mass is 473 g/mol. The van der Waals surface area contributed by atoms with Gasteiger partial charge in [0.15, 0.2) is 5.96 Å². The molecule has 2 N–H and O–H groups in total. The quantitative estimate of drug-likeness (QED) is 0.250. The molecule has 0 atom stereocenters. The number of nitrogens with zero attached hydrogens (tertiary/aromatic N) is 1. The first-order chi connectivity index (χ1) is 11.5. The third-order valence-corrected chi connectivity index (χ3v) is 4.08. The lowest BCUT2D eigenvalue weighted by Crippen LogP contribution is -2.43. The summed E-state index contributed by atoms with van der Waals surface area (Å²) in [6.45, 7) is 1.08. The first-order valence-corrected chi connectivity index (χ1v) is 8.67. The van der Waals surface area contributed by atoms with E-state index in [1.54, 1.807) is 6.26 Å². The van der Waals surface area contributed by atoms with E-state index in [0.29, 0.717) is 31.5 Å². The molecule has 0 unspecified atom stereocenters. The average molecular weight is 473 g/mol. The van der Waals surface area contributed by atoms with Gasteiger partial charge < -0.3 is 15.1 Å². The molecule has 1 aromatic rings. The van der Waals surface area contributed by atoms with Crippen LogP contribution in [0.3, 0.4) is 0 Å². The molecular weight excluding hydrogens is 446 g/mol. The number of unbranched alkanes of at least 4 members (excludes halogenated alkanes) is 1. The van der Waals surface area contributed by atoms with E-state index in [2.05, 4.69) is 15.6 Å². The number of rotatable bonds is 8. The molecule has 8 heteroatoms. The second kappa shape index (κ2) is 11.6. The van der Waals surface area contributed by atoms with E-state index in [1.165, 1.54) is 12.8 Å². The van der Waals surface area contributed by atoms with Gasteiger partial charge in [0.1, 0.15) is 5.76 Å². The number of guanidine groups is 1. The molecule has 0 bridgehead atoms. The fraction of sp³-hybridized carbons (Fsp3) is 0.706. The minimum absolute atomic E-state index is 0. The normalized spacial score (nSPS) is 15.9. The number of alkyl halides is 3. The molecule has 0 radical (unpaired) electrons. The van der Waals surface area contributed by atoms with E-state index < -0.39 is 12.6 Å². The molecule has 144 valence electrons. The van der Waals surface area contributed by atoms with Gasteiger partial charge in [-0.15, -0.1) is 24.0 Å². The zero-order valence-electron chi connectivity index (χ0n) is 14.3. The second-order valence-electron chi connectivity index (χ2n) is 6.18. The molecule has 1 aliphatic rings. The molecule has 1 saturated carbocycles. The zero-order valence-corrected chi connectivity index (χ0v) is 16.6. The topological polar surface area (TPSA) is 49.6 Å². The van der Waals surface area contributed by atoms with Gasteiger partial charge in [-0.05, 0) is 37.8 Å². The van der Waals surface area contributed by atoms with Crippen molar-refractivity contribution in [1.82, 2.24) is 10.6 Å². The van der Waals surface area contributed by atoms with Gasteiger partial charge in [-0.2, -0.15) is 13.2 Å². The van der Waals surface area contributed by atoms with E-state index in [4.69, 9.17) is 4.42 Å². The van der Waals surface area contributed by atoms with E-state index in [9.17, 15) is 13.2 Å². The molecule has 0 amide bonds. The maximum absolute atomic E-state index is 12.1. The summed E-state index contributed by atoms with van der Waals surface area (Å²) in [7, 11) is 0. The molecule has 0 aliphatic heterocycles. The molecule has 4 nitrogen and oxygen atoms in total. The standard InChI is InChI=1S/C17H26F3N3O.HI/c18-17(19,20)10-3-4-11-21-16(23-14-6-1-2-7-14)22-12-9-15-8-5-13-24-15;/h5,8,13-14H,1-4,6-7,9-12H2,(H2,21,22,23);1H. The second-order valence-corrected chi connectivity index (χ2v) is 6.18. The smallest absolute Gasteiger partial charge is 0.389 e. The van der Waals surface area contributed by atoms with Crippen LogP contribution in [0.5, 0.6) is 0 Å². The van der Waals surface area contributed by atoms with Crippen molar-refractivity contribution in [3.8, 4) is 0 Å². The number of furan rings is 1. The highest BCUT2D eigenvalue weighted by Crippen LogP contribution is 2.22. The van der Waals surface area contributed by atoms with Crippen LogP contribution in [0.2, 0.25) is 0 Å². The van der Waals surface area contributed by atoms with Crippen LogP contribution in [0.4, 0.5) is 13.2 Å². The Morgan fingerprint density at radius 1 is 1.24 bits per heavy atom. The minimum Gasteiger partial charge on any atom is -0.469 e. The number of aliphatic imine (C=N–C) groups is 1.